The maximum Gasteiger partial charge on any atom is 0.347 e. The van der Waals surface area contributed by atoms with E-state index >= 15 is 0 Å². The Bertz CT molecular complexity index is 1470. The van der Waals surface area contributed by atoms with Gasteiger partial charge in [-0.15, -0.1) is 0 Å². The molecule has 0 aliphatic carbocycles. The van der Waals surface area contributed by atoms with Crippen LogP contribution in [0, 0.1) is 6.92 Å². The number of methoxy groups -OCH3 is 3. The summed E-state index contributed by atoms with van der Waals surface area (Å²) in [5.41, 5.74) is 2.03. The molecule has 0 bridgehead atoms. The van der Waals surface area contributed by atoms with Crippen LogP contribution in [0.25, 0.3) is 17.0 Å². The van der Waals surface area contributed by atoms with Crippen molar-refractivity contribution in [3.05, 3.63) is 83.1 Å². The minimum Gasteiger partial charge on any atom is -0.494 e. The fraction of sp³-hybridized carbons (Fsp3) is 0.200. The molecule has 0 saturated heterocycles. The van der Waals surface area contributed by atoms with Crippen molar-refractivity contribution < 1.29 is 37.7 Å². The van der Waals surface area contributed by atoms with Gasteiger partial charge >= 0.3 is 5.97 Å². The summed E-state index contributed by atoms with van der Waals surface area (Å²) < 4.78 is 32.9. The van der Waals surface area contributed by atoms with Crippen molar-refractivity contribution in [1.29, 1.82) is 0 Å². The number of esters is 1. The average Bonchev–Trinajstić information content (AvgIpc) is 3.26. The van der Waals surface area contributed by atoms with Crippen LogP contribution in [0.3, 0.4) is 0 Å². The van der Waals surface area contributed by atoms with Gasteiger partial charge in [-0.2, -0.15) is 0 Å². The number of rotatable bonds is 10. The third kappa shape index (κ3) is 5.49. The minimum atomic E-state index is -0.559. The molecule has 1 heterocycles. The monoisotopic (exact) mass is 516 g/mol. The molecule has 0 aliphatic heterocycles. The van der Waals surface area contributed by atoms with Crippen molar-refractivity contribution in [2.75, 3.05) is 27.9 Å². The third-order valence-electron chi connectivity index (χ3n) is 5.81. The Morgan fingerprint density at radius 2 is 1.53 bits per heavy atom. The van der Waals surface area contributed by atoms with Crippen LogP contribution in [0.5, 0.6) is 28.7 Å². The van der Waals surface area contributed by atoms with Gasteiger partial charge in [-0.25, -0.2) is 4.79 Å². The van der Waals surface area contributed by atoms with Crippen LogP contribution < -0.4 is 23.7 Å². The molecule has 0 unspecified atom stereocenters. The average molecular weight is 517 g/mol. The van der Waals surface area contributed by atoms with E-state index in [4.69, 9.17) is 28.1 Å². The second kappa shape index (κ2) is 11.6. The molecule has 8 nitrogen and oxygen atoms in total. The summed E-state index contributed by atoms with van der Waals surface area (Å²) in [6.07, 6.45) is 3.10. The molecule has 0 atom stereocenters. The lowest BCUT2D eigenvalue weighted by atomic mass is 10.1. The second-order valence-electron chi connectivity index (χ2n) is 8.19. The van der Waals surface area contributed by atoms with Crippen molar-refractivity contribution in [1.82, 2.24) is 0 Å². The van der Waals surface area contributed by atoms with Crippen LogP contribution in [0.4, 0.5) is 0 Å². The van der Waals surface area contributed by atoms with Gasteiger partial charge in [-0.1, -0.05) is 6.08 Å². The number of hydrogen-bond acceptors (Lipinski definition) is 8. The Labute approximate surface area is 220 Å². The summed E-state index contributed by atoms with van der Waals surface area (Å²) >= 11 is 0. The SMILES string of the molecule is CCOc1ccc2oc(C)c(C(=O)Oc3ccc(C(=O)C=Cc4cc(OC)c(OC)c(OC)c4)cc3)c2c1. The van der Waals surface area contributed by atoms with Gasteiger partial charge in [-0.05, 0) is 80.1 Å². The molecule has 0 saturated carbocycles. The van der Waals surface area contributed by atoms with Crippen molar-refractivity contribution >= 4 is 28.8 Å². The van der Waals surface area contributed by atoms with E-state index in [0.717, 1.165) is 0 Å². The van der Waals surface area contributed by atoms with Crippen LogP contribution >= 0.6 is 0 Å². The Kier molecular flexibility index (Phi) is 8.01. The largest absolute Gasteiger partial charge is 0.494 e. The zero-order valence-electron chi connectivity index (χ0n) is 21.8. The van der Waals surface area contributed by atoms with Crippen LogP contribution in [0.2, 0.25) is 0 Å². The molecule has 0 amide bonds. The van der Waals surface area contributed by atoms with Gasteiger partial charge in [-0.3, -0.25) is 4.79 Å². The molecular formula is C30H28O8. The number of allylic oxidation sites excluding steroid dienone is 1. The molecule has 0 N–H and O–H groups in total. The van der Waals surface area contributed by atoms with E-state index in [1.54, 1.807) is 67.6 Å². The molecule has 3 aromatic carbocycles. The summed E-state index contributed by atoms with van der Waals surface area (Å²) in [6, 6.07) is 15.1. The highest BCUT2D eigenvalue weighted by Gasteiger charge is 2.21. The number of ketones is 1. The summed E-state index contributed by atoms with van der Waals surface area (Å²) in [5, 5.41) is 0.613. The molecule has 0 radical (unpaired) electrons. The molecule has 1 aromatic heterocycles. The quantitative estimate of drug-likeness (QED) is 0.105. The molecule has 0 spiro atoms. The first-order chi connectivity index (χ1) is 18.4. The van der Waals surface area contributed by atoms with Crippen molar-refractivity contribution in [2.45, 2.75) is 13.8 Å². The molecule has 0 aliphatic rings. The molecule has 38 heavy (non-hydrogen) atoms. The van der Waals surface area contributed by atoms with Gasteiger partial charge in [0.15, 0.2) is 17.3 Å². The van der Waals surface area contributed by atoms with E-state index in [1.165, 1.54) is 27.4 Å². The van der Waals surface area contributed by atoms with Crippen molar-refractivity contribution in [3.63, 3.8) is 0 Å². The lowest BCUT2D eigenvalue weighted by Crippen LogP contribution is -2.09. The topological polar surface area (TPSA) is 93.4 Å². The van der Waals surface area contributed by atoms with E-state index in [1.807, 2.05) is 6.92 Å². The van der Waals surface area contributed by atoms with Crippen LogP contribution in [0.15, 0.2) is 65.1 Å². The Morgan fingerprint density at radius 1 is 0.868 bits per heavy atom. The minimum absolute atomic E-state index is 0.225. The smallest absolute Gasteiger partial charge is 0.347 e. The van der Waals surface area contributed by atoms with Gasteiger partial charge in [0, 0.05) is 10.9 Å². The van der Waals surface area contributed by atoms with Crippen LogP contribution in [-0.2, 0) is 0 Å². The second-order valence-corrected chi connectivity index (χ2v) is 8.19. The van der Waals surface area contributed by atoms with E-state index in [0.29, 0.717) is 68.8 Å². The highest BCUT2D eigenvalue weighted by molar-refractivity contribution is 6.07. The van der Waals surface area contributed by atoms with Gasteiger partial charge < -0.3 is 28.1 Å². The molecule has 8 heteroatoms. The first-order valence-corrected chi connectivity index (χ1v) is 11.9. The highest BCUT2D eigenvalue weighted by Crippen LogP contribution is 2.38. The van der Waals surface area contributed by atoms with Crippen LogP contribution in [0.1, 0.15) is 39.0 Å². The molecule has 0 fully saturated rings. The number of hydrogen-bond donors (Lipinski definition) is 0. The van der Waals surface area contributed by atoms with E-state index in [-0.39, 0.29) is 5.78 Å². The fourth-order valence-corrected chi connectivity index (χ4v) is 4.02. The van der Waals surface area contributed by atoms with Gasteiger partial charge in [0.2, 0.25) is 5.75 Å². The Morgan fingerprint density at radius 3 is 2.13 bits per heavy atom. The highest BCUT2D eigenvalue weighted by atomic mass is 16.5. The molecular weight excluding hydrogens is 488 g/mol. The number of furan rings is 1. The number of fused-ring (bicyclic) bond motifs is 1. The first-order valence-electron chi connectivity index (χ1n) is 11.9. The standard InChI is InChI=1S/C30H28O8/c1-6-36-22-12-14-25-23(17-22)28(18(2)37-25)30(32)38-21-10-8-20(9-11-21)24(31)13-7-19-15-26(33-3)29(35-5)27(16-19)34-4/h7-17H,6H2,1-5H3. The summed E-state index contributed by atoms with van der Waals surface area (Å²) in [5.74, 6) is 2.04. The van der Waals surface area contributed by atoms with Crippen molar-refractivity contribution in [3.8, 4) is 28.7 Å². The number of ether oxygens (including phenoxy) is 5. The maximum atomic E-state index is 13.0. The van der Waals surface area contributed by atoms with E-state index < -0.39 is 5.97 Å². The predicted molar refractivity (Wildman–Crippen MR) is 143 cm³/mol. The molecule has 196 valence electrons. The number of aryl methyl sites for hydroxylation is 1. The van der Waals surface area contributed by atoms with Gasteiger partial charge in [0.05, 0.1) is 27.9 Å². The Balaban J connectivity index is 1.49. The zero-order valence-corrected chi connectivity index (χ0v) is 21.8. The first kappa shape index (κ1) is 26.3. The fourth-order valence-electron chi connectivity index (χ4n) is 4.02. The summed E-state index contributed by atoms with van der Waals surface area (Å²) in [6.45, 7) is 4.10. The van der Waals surface area contributed by atoms with E-state index in [2.05, 4.69) is 0 Å². The normalized spacial score (nSPS) is 11.0. The van der Waals surface area contributed by atoms with Crippen LogP contribution in [-0.4, -0.2) is 39.7 Å². The van der Waals surface area contributed by atoms with Gasteiger partial charge in [0.25, 0.3) is 0 Å². The zero-order chi connectivity index (χ0) is 27.2. The predicted octanol–water partition coefficient (Wildman–Crippen LogP) is 6.28. The summed E-state index contributed by atoms with van der Waals surface area (Å²) in [7, 11) is 4.58. The number of benzene rings is 3. The molecule has 4 aromatic rings. The lowest BCUT2D eigenvalue weighted by molar-refractivity contribution is 0.0734. The maximum absolute atomic E-state index is 13.0. The van der Waals surface area contributed by atoms with E-state index in [9.17, 15) is 9.59 Å². The van der Waals surface area contributed by atoms with Crippen molar-refractivity contribution in [2.24, 2.45) is 0 Å². The number of carbonyl (C=O) groups excluding carboxylic acids is 2. The Hall–Kier alpha value is -4.72. The molecule has 4 rings (SSSR count). The lowest BCUT2D eigenvalue weighted by Gasteiger charge is -2.12. The number of carbonyl (C=O) groups is 2. The third-order valence-corrected chi connectivity index (χ3v) is 5.81. The van der Waals surface area contributed by atoms with Gasteiger partial charge in [0.1, 0.15) is 28.4 Å². The summed E-state index contributed by atoms with van der Waals surface area (Å²) in [4.78, 5) is 25.7.